The molecule has 0 saturated carbocycles. The fraction of sp³-hybridized carbons (Fsp3) is 0.200. The summed E-state index contributed by atoms with van der Waals surface area (Å²) in [4.78, 5) is 38.0. The van der Waals surface area contributed by atoms with Gasteiger partial charge in [0.1, 0.15) is 12.4 Å². The fourth-order valence-corrected chi connectivity index (χ4v) is 3.63. The number of hydrogen-bond acceptors (Lipinski definition) is 9. The Kier molecular flexibility index (Phi) is 6.70. The number of ether oxygens (including phenoxy) is 3. The highest BCUT2D eigenvalue weighted by molar-refractivity contribution is 7.99. The van der Waals surface area contributed by atoms with Gasteiger partial charge in [0.2, 0.25) is 0 Å². The third-order valence-corrected chi connectivity index (χ3v) is 5.28. The first-order chi connectivity index (χ1) is 14.4. The number of benzene rings is 2. The topological polar surface area (TPSA) is 108 Å². The van der Waals surface area contributed by atoms with Crippen LogP contribution in [0.25, 0.3) is 0 Å². The van der Waals surface area contributed by atoms with E-state index in [0.717, 1.165) is 9.79 Å². The van der Waals surface area contributed by atoms with Crippen LogP contribution in [0.3, 0.4) is 0 Å². The lowest BCUT2D eigenvalue weighted by atomic mass is 10.1. The van der Waals surface area contributed by atoms with Gasteiger partial charge in [0.25, 0.3) is 5.69 Å². The Morgan fingerprint density at radius 1 is 1.00 bits per heavy atom. The van der Waals surface area contributed by atoms with Crippen molar-refractivity contribution in [2.45, 2.75) is 9.79 Å². The van der Waals surface area contributed by atoms with Crippen LogP contribution in [0.4, 0.5) is 11.4 Å². The third kappa shape index (κ3) is 4.61. The number of rotatable bonds is 6. The summed E-state index contributed by atoms with van der Waals surface area (Å²) in [5, 5.41) is 10.8. The van der Waals surface area contributed by atoms with Gasteiger partial charge in [-0.2, -0.15) is 0 Å². The number of non-ortho nitro benzene ring substituents is 1. The van der Waals surface area contributed by atoms with Gasteiger partial charge in [-0.15, -0.1) is 0 Å². The van der Waals surface area contributed by atoms with E-state index in [1.807, 2.05) is 12.1 Å². The molecule has 0 unspecified atom stereocenters. The Bertz CT molecular complexity index is 987. The monoisotopic (exact) mass is 430 g/mol. The van der Waals surface area contributed by atoms with E-state index < -0.39 is 16.9 Å². The molecule has 0 amide bonds. The molecule has 0 N–H and O–H groups in total. The summed E-state index contributed by atoms with van der Waals surface area (Å²) in [5.41, 5.74) is 0.819. The molecule has 156 valence electrons. The second kappa shape index (κ2) is 9.42. The minimum absolute atomic E-state index is 0.0309. The summed E-state index contributed by atoms with van der Waals surface area (Å²) in [6, 6.07) is 13.5. The largest absolute Gasteiger partial charge is 0.466 e. The van der Waals surface area contributed by atoms with Gasteiger partial charge in [-0.25, -0.2) is 9.59 Å². The number of carbonyl (C=O) groups excluding carboxylic acids is 2. The number of hydrogen-bond donors (Lipinski definition) is 0. The molecule has 1 heterocycles. The van der Waals surface area contributed by atoms with Crippen molar-refractivity contribution < 1.29 is 28.7 Å². The molecule has 0 atom stereocenters. The lowest BCUT2D eigenvalue weighted by Gasteiger charge is -2.31. The highest BCUT2D eigenvalue weighted by atomic mass is 32.2. The Morgan fingerprint density at radius 2 is 1.57 bits per heavy atom. The Balaban J connectivity index is 1.84. The number of methoxy groups -OCH3 is 2. The summed E-state index contributed by atoms with van der Waals surface area (Å²) >= 11 is 1.43. The van der Waals surface area contributed by atoms with Gasteiger partial charge in [0, 0.05) is 27.6 Å². The number of carbonyl (C=O) groups is 2. The summed E-state index contributed by atoms with van der Waals surface area (Å²) in [7, 11) is 2.47. The lowest BCUT2D eigenvalue weighted by molar-refractivity contribution is -0.384. The second-order valence-electron chi connectivity index (χ2n) is 6.06. The average molecular weight is 430 g/mol. The third-order valence-electron chi connectivity index (χ3n) is 4.26. The maximum atomic E-state index is 12.3. The molecule has 0 bridgehead atoms. The molecule has 2 aromatic carbocycles. The SMILES string of the molecule is COC(=O)C1=C(C(=O)OC)N(c2ccc(Sc3ccc([N+](=O)[O-])cc3)cc2)COC1. The summed E-state index contributed by atoms with van der Waals surface area (Å²) in [6.45, 7) is 0.0153. The molecule has 9 nitrogen and oxygen atoms in total. The summed E-state index contributed by atoms with van der Waals surface area (Å²) in [5.74, 6) is -1.33. The minimum Gasteiger partial charge on any atom is -0.466 e. The molecular formula is C20H18N2O7S. The number of anilines is 1. The predicted octanol–water partition coefficient (Wildman–Crippen LogP) is 3.14. The second-order valence-corrected chi connectivity index (χ2v) is 7.21. The molecular weight excluding hydrogens is 412 g/mol. The van der Waals surface area contributed by atoms with Crippen LogP contribution >= 0.6 is 11.8 Å². The van der Waals surface area contributed by atoms with Crippen LogP contribution in [-0.4, -0.2) is 44.4 Å². The first-order valence-corrected chi connectivity index (χ1v) is 9.53. The number of esters is 2. The van der Waals surface area contributed by atoms with Crippen molar-refractivity contribution in [2.75, 3.05) is 32.5 Å². The predicted molar refractivity (Wildman–Crippen MR) is 108 cm³/mol. The van der Waals surface area contributed by atoms with Crippen molar-refractivity contribution >= 4 is 35.1 Å². The first kappa shape index (κ1) is 21.3. The van der Waals surface area contributed by atoms with E-state index in [4.69, 9.17) is 14.2 Å². The van der Waals surface area contributed by atoms with Crippen LogP contribution in [0.1, 0.15) is 0 Å². The van der Waals surface area contributed by atoms with E-state index in [0.29, 0.717) is 5.69 Å². The smallest absolute Gasteiger partial charge is 0.355 e. The molecule has 0 aromatic heterocycles. The molecule has 0 saturated heterocycles. The molecule has 10 heteroatoms. The molecule has 0 aliphatic carbocycles. The van der Waals surface area contributed by atoms with Crippen molar-refractivity contribution in [3.8, 4) is 0 Å². The van der Waals surface area contributed by atoms with E-state index in [1.54, 1.807) is 29.2 Å². The summed E-state index contributed by atoms with van der Waals surface area (Å²) in [6.07, 6.45) is 0. The number of nitro groups is 1. The quantitative estimate of drug-likeness (QED) is 0.388. The van der Waals surface area contributed by atoms with Gasteiger partial charge in [-0.05, 0) is 36.4 Å². The van der Waals surface area contributed by atoms with Gasteiger partial charge in [0.15, 0.2) is 0 Å². The van der Waals surface area contributed by atoms with E-state index in [1.165, 1.54) is 38.1 Å². The van der Waals surface area contributed by atoms with Gasteiger partial charge < -0.3 is 19.1 Å². The molecule has 1 aliphatic rings. The van der Waals surface area contributed by atoms with Crippen molar-refractivity contribution in [2.24, 2.45) is 0 Å². The average Bonchev–Trinajstić information content (AvgIpc) is 2.78. The van der Waals surface area contributed by atoms with Crippen molar-refractivity contribution in [3.63, 3.8) is 0 Å². The van der Waals surface area contributed by atoms with Gasteiger partial charge >= 0.3 is 11.9 Å². The standard InChI is InChI=1S/C20H18N2O7S/c1-27-19(23)17-11-29-12-21(18(17)20(24)28-2)13-3-7-15(8-4-13)30-16-9-5-14(6-10-16)22(25)26/h3-10H,11-12H2,1-2H3. The highest BCUT2D eigenvalue weighted by Crippen LogP contribution is 2.32. The van der Waals surface area contributed by atoms with E-state index >= 15 is 0 Å². The highest BCUT2D eigenvalue weighted by Gasteiger charge is 2.32. The van der Waals surface area contributed by atoms with Crippen LogP contribution in [-0.2, 0) is 23.8 Å². The molecule has 3 rings (SSSR count). The van der Waals surface area contributed by atoms with E-state index in [9.17, 15) is 19.7 Å². The molecule has 0 radical (unpaired) electrons. The van der Waals surface area contributed by atoms with Gasteiger partial charge in [0.05, 0.1) is 31.3 Å². The molecule has 0 fully saturated rings. The van der Waals surface area contributed by atoms with Crippen molar-refractivity contribution in [3.05, 3.63) is 69.9 Å². The molecule has 30 heavy (non-hydrogen) atoms. The Morgan fingerprint density at radius 3 is 2.10 bits per heavy atom. The minimum atomic E-state index is -0.664. The van der Waals surface area contributed by atoms with Crippen LogP contribution in [0, 0.1) is 10.1 Å². The van der Waals surface area contributed by atoms with Crippen molar-refractivity contribution in [1.82, 2.24) is 0 Å². The lowest BCUT2D eigenvalue weighted by Crippen LogP contribution is -2.38. The van der Waals surface area contributed by atoms with Crippen LogP contribution in [0.2, 0.25) is 0 Å². The fourth-order valence-electron chi connectivity index (χ4n) is 2.81. The zero-order valence-electron chi connectivity index (χ0n) is 16.2. The normalized spacial score (nSPS) is 13.7. The Hall–Kier alpha value is -3.37. The van der Waals surface area contributed by atoms with Crippen LogP contribution < -0.4 is 4.90 Å². The maximum Gasteiger partial charge on any atom is 0.355 e. The summed E-state index contributed by atoms with van der Waals surface area (Å²) < 4.78 is 15.0. The molecule has 0 spiro atoms. The van der Waals surface area contributed by atoms with Crippen LogP contribution in [0.15, 0.2) is 69.6 Å². The number of nitro benzene ring substituents is 1. The zero-order valence-corrected chi connectivity index (χ0v) is 17.0. The van der Waals surface area contributed by atoms with Crippen LogP contribution in [0.5, 0.6) is 0 Å². The molecule has 1 aliphatic heterocycles. The van der Waals surface area contributed by atoms with Crippen molar-refractivity contribution in [1.29, 1.82) is 0 Å². The zero-order chi connectivity index (χ0) is 21.7. The number of nitrogens with zero attached hydrogens (tertiary/aromatic N) is 2. The Labute approximate surface area is 176 Å². The van der Waals surface area contributed by atoms with Gasteiger partial charge in [-0.3, -0.25) is 10.1 Å². The molecule has 2 aromatic rings. The van der Waals surface area contributed by atoms with E-state index in [-0.39, 0.29) is 30.3 Å². The maximum absolute atomic E-state index is 12.3. The van der Waals surface area contributed by atoms with E-state index in [2.05, 4.69) is 0 Å². The van der Waals surface area contributed by atoms with Gasteiger partial charge in [-0.1, -0.05) is 11.8 Å². The first-order valence-electron chi connectivity index (χ1n) is 8.72.